The van der Waals surface area contributed by atoms with E-state index in [2.05, 4.69) is 0 Å². The number of rotatable bonds is 4. The average molecular weight is 245 g/mol. The van der Waals surface area contributed by atoms with E-state index >= 15 is 0 Å². The maximum atomic E-state index is 13.1. The van der Waals surface area contributed by atoms with Crippen LogP contribution in [-0.2, 0) is 6.42 Å². The third-order valence-corrected chi connectivity index (χ3v) is 2.69. The van der Waals surface area contributed by atoms with Crippen molar-refractivity contribution in [3.05, 3.63) is 81.4 Å². The van der Waals surface area contributed by atoms with Gasteiger partial charge in [0.25, 0.3) is 0 Å². The summed E-state index contributed by atoms with van der Waals surface area (Å²) in [6.45, 7) is 0. The largest absolute Gasteiger partial charge is 0.375 e. The van der Waals surface area contributed by atoms with Gasteiger partial charge in [-0.2, -0.15) is 4.39 Å². The fraction of sp³-hybridized carbons (Fsp3) is 0.143. The van der Waals surface area contributed by atoms with E-state index in [0.29, 0.717) is 0 Å². The molecule has 3 nitrogen and oxygen atoms in total. The number of hydrogen-bond acceptors (Lipinski definition) is 2. The van der Waals surface area contributed by atoms with E-state index in [0.717, 1.165) is 17.5 Å². The number of hydrogen-bond donors (Lipinski definition) is 0. The predicted molar refractivity (Wildman–Crippen MR) is 66.5 cm³/mol. The first kappa shape index (κ1) is 12.2. The standard InChI is InChI=1S/C14H12FNO2/c15-14(16(17)18)13-8-6-12(7-9-13)10-11-4-2-1-3-5-11/h1-9,14H,10H2. The summed E-state index contributed by atoms with van der Waals surface area (Å²) in [4.78, 5) is 9.37. The minimum Gasteiger partial charge on any atom is -0.261 e. The Morgan fingerprint density at radius 3 is 2.11 bits per heavy atom. The molecule has 0 bridgehead atoms. The molecule has 0 radical (unpaired) electrons. The highest BCUT2D eigenvalue weighted by Crippen LogP contribution is 2.19. The molecule has 4 heteroatoms. The van der Waals surface area contributed by atoms with Crippen molar-refractivity contribution < 1.29 is 9.31 Å². The molecule has 0 heterocycles. The fourth-order valence-electron chi connectivity index (χ4n) is 1.75. The fourth-order valence-corrected chi connectivity index (χ4v) is 1.75. The Morgan fingerprint density at radius 1 is 1.00 bits per heavy atom. The van der Waals surface area contributed by atoms with Gasteiger partial charge in [0.2, 0.25) is 0 Å². The van der Waals surface area contributed by atoms with Crippen LogP contribution in [0.25, 0.3) is 0 Å². The number of halogens is 1. The van der Waals surface area contributed by atoms with E-state index in [1.807, 2.05) is 30.3 Å². The molecule has 92 valence electrons. The van der Waals surface area contributed by atoms with E-state index in [9.17, 15) is 14.5 Å². The number of nitro groups is 1. The Hall–Kier alpha value is -2.23. The summed E-state index contributed by atoms with van der Waals surface area (Å²) >= 11 is 0. The zero-order valence-corrected chi connectivity index (χ0v) is 9.62. The Kier molecular flexibility index (Phi) is 3.67. The van der Waals surface area contributed by atoms with Crippen LogP contribution in [0, 0.1) is 10.1 Å². The summed E-state index contributed by atoms with van der Waals surface area (Å²) in [5, 5.41) is 10.3. The Bertz CT molecular complexity index is 525. The molecule has 0 aliphatic carbocycles. The average Bonchev–Trinajstić information content (AvgIpc) is 2.40. The van der Waals surface area contributed by atoms with Crippen LogP contribution in [-0.4, -0.2) is 4.92 Å². The molecule has 0 aromatic heterocycles. The van der Waals surface area contributed by atoms with Gasteiger partial charge in [-0.05, 0) is 29.7 Å². The maximum Gasteiger partial charge on any atom is 0.375 e. The zero-order valence-electron chi connectivity index (χ0n) is 9.62. The number of benzene rings is 2. The second-order valence-corrected chi connectivity index (χ2v) is 4.03. The molecule has 1 atom stereocenters. The first-order valence-corrected chi connectivity index (χ1v) is 5.57. The SMILES string of the molecule is O=[N+]([O-])C(F)c1ccc(Cc2ccccc2)cc1. The number of alkyl halides is 1. The van der Waals surface area contributed by atoms with Gasteiger partial charge >= 0.3 is 6.30 Å². The van der Waals surface area contributed by atoms with E-state index < -0.39 is 11.2 Å². The van der Waals surface area contributed by atoms with Crippen molar-refractivity contribution >= 4 is 0 Å². The molecule has 2 aromatic rings. The maximum absolute atomic E-state index is 13.1. The summed E-state index contributed by atoms with van der Waals surface area (Å²) < 4.78 is 13.1. The molecule has 0 spiro atoms. The van der Waals surface area contributed by atoms with Gasteiger partial charge in [0.15, 0.2) is 0 Å². The van der Waals surface area contributed by atoms with Crippen molar-refractivity contribution in [2.24, 2.45) is 0 Å². The van der Waals surface area contributed by atoms with Gasteiger partial charge in [0.05, 0.1) is 10.5 Å². The van der Waals surface area contributed by atoms with E-state index in [-0.39, 0.29) is 5.56 Å². The van der Waals surface area contributed by atoms with Crippen LogP contribution in [0.4, 0.5) is 4.39 Å². The van der Waals surface area contributed by atoms with Crippen molar-refractivity contribution in [1.82, 2.24) is 0 Å². The van der Waals surface area contributed by atoms with Crippen molar-refractivity contribution in [3.8, 4) is 0 Å². The smallest absolute Gasteiger partial charge is 0.261 e. The Balaban J connectivity index is 2.11. The summed E-state index contributed by atoms with van der Waals surface area (Å²) in [6.07, 6.45) is -1.41. The van der Waals surface area contributed by atoms with Crippen molar-refractivity contribution in [2.75, 3.05) is 0 Å². The lowest BCUT2D eigenvalue weighted by molar-refractivity contribution is -0.560. The molecule has 0 saturated carbocycles. The van der Waals surface area contributed by atoms with Crippen LogP contribution in [0.2, 0.25) is 0 Å². The second kappa shape index (κ2) is 5.40. The van der Waals surface area contributed by atoms with Crippen LogP contribution in [0.3, 0.4) is 0 Å². The molecule has 0 N–H and O–H groups in total. The number of nitrogens with zero attached hydrogens (tertiary/aromatic N) is 1. The van der Waals surface area contributed by atoms with Gasteiger partial charge in [0, 0.05) is 0 Å². The van der Waals surface area contributed by atoms with Crippen molar-refractivity contribution in [2.45, 2.75) is 12.7 Å². The predicted octanol–water partition coefficient (Wildman–Crippen LogP) is 3.52. The Morgan fingerprint density at radius 2 is 1.56 bits per heavy atom. The first-order valence-electron chi connectivity index (χ1n) is 5.57. The molecule has 2 aromatic carbocycles. The molecule has 1 unspecified atom stereocenters. The summed E-state index contributed by atoms with van der Waals surface area (Å²) in [7, 11) is 0. The lowest BCUT2D eigenvalue weighted by Crippen LogP contribution is -2.04. The quantitative estimate of drug-likeness (QED) is 0.470. The topological polar surface area (TPSA) is 43.1 Å². The van der Waals surface area contributed by atoms with E-state index in [1.165, 1.54) is 12.1 Å². The molecular weight excluding hydrogens is 233 g/mol. The third kappa shape index (κ3) is 2.91. The second-order valence-electron chi connectivity index (χ2n) is 4.03. The lowest BCUT2D eigenvalue weighted by atomic mass is 10.0. The van der Waals surface area contributed by atoms with Crippen LogP contribution < -0.4 is 0 Å². The highest BCUT2D eigenvalue weighted by molar-refractivity contribution is 5.28. The van der Waals surface area contributed by atoms with Gasteiger partial charge in [-0.3, -0.25) is 10.1 Å². The van der Waals surface area contributed by atoms with Gasteiger partial charge < -0.3 is 0 Å². The van der Waals surface area contributed by atoms with Gasteiger partial charge in [0.1, 0.15) is 0 Å². The lowest BCUT2D eigenvalue weighted by Gasteiger charge is -2.04. The van der Waals surface area contributed by atoms with Crippen molar-refractivity contribution in [3.63, 3.8) is 0 Å². The molecule has 0 saturated heterocycles. The van der Waals surface area contributed by atoms with E-state index in [1.54, 1.807) is 12.1 Å². The molecule has 0 aliphatic rings. The van der Waals surface area contributed by atoms with Crippen LogP contribution in [0.15, 0.2) is 54.6 Å². The van der Waals surface area contributed by atoms with Gasteiger partial charge in [-0.25, -0.2) is 0 Å². The minimum atomic E-state index is -2.14. The monoisotopic (exact) mass is 245 g/mol. The van der Waals surface area contributed by atoms with Crippen molar-refractivity contribution in [1.29, 1.82) is 0 Å². The molecule has 0 amide bonds. The Labute approximate surface area is 104 Å². The molecule has 2 rings (SSSR count). The first-order chi connectivity index (χ1) is 8.66. The molecular formula is C14H12FNO2. The minimum absolute atomic E-state index is 0.0804. The molecule has 18 heavy (non-hydrogen) atoms. The normalized spacial score (nSPS) is 12.1. The highest BCUT2D eigenvalue weighted by atomic mass is 19.1. The van der Waals surface area contributed by atoms with E-state index in [4.69, 9.17) is 0 Å². The third-order valence-electron chi connectivity index (χ3n) is 2.69. The zero-order chi connectivity index (χ0) is 13.0. The molecule has 0 fully saturated rings. The highest BCUT2D eigenvalue weighted by Gasteiger charge is 2.20. The van der Waals surface area contributed by atoms with Gasteiger partial charge in [-0.1, -0.05) is 42.5 Å². The van der Waals surface area contributed by atoms with Crippen LogP contribution in [0.1, 0.15) is 23.0 Å². The summed E-state index contributed by atoms with van der Waals surface area (Å²) in [5.74, 6) is 0. The van der Waals surface area contributed by atoms with Crippen LogP contribution in [0.5, 0.6) is 0 Å². The van der Waals surface area contributed by atoms with Crippen LogP contribution >= 0.6 is 0 Å². The summed E-state index contributed by atoms with van der Waals surface area (Å²) in [5.41, 5.74) is 2.23. The summed E-state index contributed by atoms with van der Waals surface area (Å²) in [6, 6.07) is 16.2. The van der Waals surface area contributed by atoms with Gasteiger partial charge in [-0.15, -0.1) is 0 Å². The molecule has 0 aliphatic heterocycles.